The number of rotatable bonds is 2. The van der Waals surface area contributed by atoms with Gasteiger partial charge in [-0.05, 0) is 31.2 Å². The fourth-order valence-electron chi connectivity index (χ4n) is 3.16. The number of carbonyl (C=O) groups excluding carboxylic acids is 1. The molecule has 3 N–H and O–H groups in total. The lowest BCUT2D eigenvalue weighted by atomic mass is 10.1. The fourth-order valence-corrected chi connectivity index (χ4v) is 3.16. The molecule has 0 aromatic heterocycles. The van der Waals surface area contributed by atoms with Crippen molar-refractivity contribution in [1.82, 2.24) is 4.90 Å². The summed E-state index contributed by atoms with van der Waals surface area (Å²) in [5, 5.41) is 2.91. The first-order valence-corrected chi connectivity index (χ1v) is 7.26. The molecule has 0 bridgehead atoms. The van der Waals surface area contributed by atoms with Crippen LogP contribution in [-0.4, -0.2) is 43.5 Å². The van der Waals surface area contributed by atoms with Crippen LogP contribution in [0.25, 0.3) is 0 Å². The number of amides is 1. The summed E-state index contributed by atoms with van der Waals surface area (Å²) in [5.74, 6) is 0.0568. The number of anilines is 3. The van der Waals surface area contributed by atoms with Gasteiger partial charge in [-0.25, -0.2) is 0 Å². The van der Waals surface area contributed by atoms with Gasteiger partial charge in [0.25, 0.3) is 0 Å². The third-order valence-corrected chi connectivity index (χ3v) is 4.47. The number of nitrogens with one attached hydrogen (secondary N) is 1. The lowest BCUT2D eigenvalue weighted by Gasteiger charge is -2.40. The van der Waals surface area contributed by atoms with Gasteiger partial charge >= 0.3 is 0 Å². The summed E-state index contributed by atoms with van der Waals surface area (Å²) in [6.45, 7) is 5.23. The molecule has 5 nitrogen and oxygen atoms in total. The van der Waals surface area contributed by atoms with Crippen LogP contribution >= 0.6 is 0 Å². The number of nitrogens with zero attached hydrogens (tertiary/aromatic N) is 2. The van der Waals surface area contributed by atoms with E-state index in [1.807, 2.05) is 12.1 Å². The molecule has 0 saturated carbocycles. The van der Waals surface area contributed by atoms with Gasteiger partial charge in [-0.3, -0.25) is 9.69 Å². The van der Waals surface area contributed by atoms with Crippen LogP contribution in [0.1, 0.15) is 18.9 Å². The van der Waals surface area contributed by atoms with E-state index in [0.29, 0.717) is 12.5 Å². The number of likely N-dealkylation sites (N-methyl/N-ethyl adjacent to an activating group) is 1. The molecule has 1 aromatic rings. The van der Waals surface area contributed by atoms with Gasteiger partial charge in [0.15, 0.2) is 0 Å². The summed E-state index contributed by atoms with van der Waals surface area (Å²) in [6.07, 6.45) is 1.58. The van der Waals surface area contributed by atoms with Crippen molar-refractivity contribution in [3.8, 4) is 0 Å². The van der Waals surface area contributed by atoms with Crippen LogP contribution in [0.5, 0.6) is 0 Å². The van der Waals surface area contributed by atoms with Gasteiger partial charge in [0, 0.05) is 31.4 Å². The first kappa shape index (κ1) is 13.2. The van der Waals surface area contributed by atoms with Gasteiger partial charge in [0.1, 0.15) is 0 Å². The zero-order valence-electron chi connectivity index (χ0n) is 12.1. The minimum absolute atomic E-state index is 0.0568. The van der Waals surface area contributed by atoms with Crippen LogP contribution in [0.2, 0.25) is 0 Å². The Balaban J connectivity index is 1.87. The summed E-state index contributed by atoms with van der Waals surface area (Å²) < 4.78 is 0. The smallest absolute Gasteiger partial charge is 0.228 e. The molecule has 1 amide bonds. The summed E-state index contributed by atoms with van der Waals surface area (Å²) in [5.41, 5.74) is 9.96. The largest absolute Gasteiger partial charge is 0.397 e. The maximum Gasteiger partial charge on any atom is 0.228 e. The molecular formula is C15H22N4O. The molecule has 1 unspecified atom stereocenters. The second kappa shape index (κ2) is 4.98. The Morgan fingerprint density at radius 3 is 2.95 bits per heavy atom. The van der Waals surface area contributed by atoms with Crippen LogP contribution < -0.4 is 16.0 Å². The van der Waals surface area contributed by atoms with Crippen LogP contribution in [0.15, 0.2) is 12.1 Å². The molecule has 3 rings (SSSR count). The predicted octanol–water partition coefficient (Wildman–Crippen LogP) is 1.29. The van der Waals surface area contributed by atoms with E-state index in [0.717, 1.165) is 48.7 Å². The summed E-state index contributed by atoms with van der Waals surface area (Å²) >= 11 is 0. The molecule has 5 heteroatoms. The highest BCUT2D eigenvalue weighted by Gasteiger charge is 2.26. The number of hydrogen-bond acceptors (Lipinski definition) is 4. The minimum Gasteiger partial charge on any atom is -0.397 e. The fraction of sp³-hybridized carbons (Fsp3) is 0.533. The lowest BCUT2D eigenvalue weighted by molar-refractivity contribution is -0.115. The topological polar surface area (TPSA) is 61.6 Å². The Morgan fingerprint density at radius 2 is 2.20 bits per heavy atom. The van der Waals surface area contributed by atoms with Crippen molar-refractivity contribution in [3.63, 3.8) is 0 Å². The Hall–Kier alpha value is -1.75. The van der Waals surface area contributed by atoms with Crippen molar-refractivity contribution in [2.45, 2.75) is 25.8 Å². The third kappa shape index (κ3) is 2.22. The van der Waals surface area contributed by atoms with Crippen molar-refractivity contribution in [2.75, 3.05) is 42.6 Å². The van der Waals surface area contributed by atoms with Gasteiger partial charge in [0.2, 0.25) is 5.91 Å². The van der Waals surface area contributed by atoms with Crippen LogP contribution in [0.3, 0.4) is 0 Å². The van der Waals surface area contributed by atoms with Crippen molar-refractivity contribution in [3.05, 3.63) is 17.7 Å². The molecule has 1 saturated heterocycles. The molecule has 0 spiro atoms. The Labute approximate surface area is 119 Å². The van der Waals surface area contributed by atoms with E-state index in [1.165, 1.54) is 0 Å². The highest BCUT2D eigenvalue weighted by molar-refractivity contribution is 6.00. The molecule has 0 aliphatic carbocycles. The van der Waals surface area contributed by atoms with E-state index < -0.39 is 0 Å². The van der Waals surface area contributed by atoms with E-state index in [2.05, 4.69) is 29.1 Å². The molecule has 0 radical (unpaired) electrons. The summed E-state index contributed by atoms with van der Waals surface area (Å²) in [4.78, 5) is 16.2. The Morgan fingerprint density at radius 1 is 1.40 bits per heavy atom. The average molecular weight is 274 g/mol. The monoisotopic (exact) mass is 274 g/mol. The van der Waals surface area contributed by atoms with Gasteiger partial charge < -0.3 is 16.0 Å². The SMILES string of the molecule is CCC1CN(c2cc3c(cc2N)CC(=O)N3)CCN1C. The van der Waals surface area contributed by atoms with E-state index in [9.17, 15) is 4.79 Å². The van der Waals surface area contributed by atoms with Gasteiger partial charge in [-0.15, -0.1) is 0 Å². The van der Waals surface area contributed by atoms with E-state index in [-0.39, 0.29) is 5.91 Å². The number of fused-ring (bicyclic) bond motifs is 1. The second-order valence-electron chi connectivity index (χ2n) is 5.78. The molecule has 1 atom stereocenters. The molecule has 1 fully saturated rings. The van der Waals surface area contributed by atoms with Crippen molar-refractivity contribution >= 4 is 23.0 Å². The molecular weight excluding hydrogens is 252 g/mol. The number of benzene rings is 1. The second-order valence-corrected chi connectivity index (χ2v) is 5.78. The first-order valence-electron chi connectivity index (χ1n) is 7.26. The molecule has 1 aromatic carbocycles. The van der Waals surface area contributed by atoms with Crippen molar-refractivity contribution < 1.29 is 4.79 Å². The van der Waals surface area contributed by atoms with Gasteiger partial charge in [0.05, 0.1) is 17.8 Å². The number of carbonyl (C=O) groups is 1. The molecule has 2 heterocycles. The normalized spacial score (nSPS) is 22.8. The number of hydrogen-bond donors (Lipinski definition) is 2. The van der Waals surface area contributed by atoms with Crippen LogP contribution in [0, 0.1) is 0 Å². The number of nitrogens with two attached hydrogens (primary N) is 1. The maximum absolute atomic E-state index is 11.5. The highest BCUT2D eigenvalue weighted by atomic mass is 16.1. The van der Waals surface area contributed by atoms with Gasteiger partial charge in [-0.1, -0.05) is 6.92 Å². The van der Waals surface area contributed by atoms with Crippen LogP contribution in [0.4, 0.5) is 17.1 Å². The van der Waals surface area contributed by atoms with E-state index in [4.69, 9.17) is 5.73 Å². The molecule has 108 valence electrons. The minimum atomic E-state index is 0.0568. The summed E-state index contributed by atoms with van der Waals surface area (Å²) in [7, 11) is 2.18. The standard InChI is InChI=1S/C15H22N4O/c1-3-11-9-19(5-4-18(11)2)14-8-13-10(6-12(14)16)7-15(20)17-13/h6,8,11H,3-5,7,9,16H2,1-2H3,(H,17,20). The zero-order chi connectivity index (χ0) is 14.3. The highest BCUT2D eigenvalue weighted by Crippen LogP contribution is 2.34. The molecule has 2 aliphatic heterocycles. The quantitative estimate of drug-likeness (QED) is 0.798. The number of nitrogen functional groups attached to an aromatic ring is 1. The number of piperazine rings is 1. The molecule has 2 aliphatic rings. The van der Waals surface area contributed by atoms with Crippen molar-refractivity contribution in [1.29, 1.82) is 0 Å². The zero-order valence-corrected chi connectivity index (χ0v) is 12.1. The van der Waals surface area contributed by atoms with Gasteiger partial charge in [-0.2, -0.15) is 0 Å². The van der Waals surface area contributed by atoms with E-state index >= 15 is 0 Å². The summed E-state index contributed by atoms with van der Waals surface area (Å²) in [6, 6.07) is 4.54. The van der Waals surface area contributed by atoms with Crippen LogP contribution in [-0.2, 0) is 11.2 Å². The first-order chi connectivity index (χ1) is 9.58. The Kier molecular flexibility index (Phi) is 3.30. The van der Waals surface area contributed by atoms with Crippen molar-refractivity contribution in [2.24, 2.45) is 0 Å². The maximum atomic E-state index is 11.5. The third-order valence-electron chi connectivity index (χ3n) is 4.47. The lowest BCUT2D eigenvalue weighted by Crippen LogP contribution is -2.51. The Bertz CT molecular complexity index is 543. The predicted molar refractivity (Wildman–Crippen MR) is 82.1 cm³/mol. The molecule has 20 heavy (non-hydrogen) atoms. The van der Waals surface area contributed by atoms with E-state index in [1.54, 1.807) is 0 Å². The average Bonchev–Trinajstić information content (AvgIpc) is 2.77.